The lowest BCUT2D eigenvalue weighted by molar-refractivity contribution is -0.132. The van der Waals surface area contributed by atoms with Crippen molar-refractivity contribution in [2.24, 2.45) is 5.92 Å². The number of ketones is 1. The Kier molecular flexibility index (Phi) is 4.20. The van der Waals surface area contributed by atoms with Crippen molar-refractivity contribution in [1.29, 1.82) is 0 Å². The van der Waals surface area contributed by atoms with Gasteiger partial charge in [-0.2, -0.15) is 0 Å². The van der Waals surface area contributed by atoms with Crippen molar-refractivity contribution in [1.82, 2.24) is 0 Å². The largest absolute Gasteiger partial charge is 1.00 e. The molecule has 1 rings (SSSR count). The van der Waals surface area contributed by atoms with E-state index in [1.807, 2.05) is 0 Å². The van der Waals surface area contributed by atoms with Crippen LogP contribution >= 0.6 is 0 Å². The summed E-state index contributed by atoms with van der Waals surface area (Å²) >= 11 is 0. The minimum atomic E-state index is -0.563. The van der Waals surface area contributed by atoms with Crippen molar-refractivity contribution in [3.05, 3.63) is 31.3 Å². The average Bonchev–Trinajstić information content (AvgIpc) is 1.95. The molecule has 0 fully saturated rings. The van der Waals surface area contributed by atoms with E-state index in [0.717, 1.165) is 0 Å². The van der Waals surface area contributed by atoms with Crippen LogP contribution in [0.15, 0.2) is 25.0 Å². The molecule has 0 saturated carbocycles. The van der Waals surface area contributed by atoms with Crippen LogP contribution < -0.4 is 24.0 Å². The molecule has 0 aromatic rings. The molecule has 1 heterocycles. The molecule has 0 aliphatic carbocycles. The molecule has 11 heavy (non-hydrogen) atoms. The third-order valence-corrected chi connectivity index (χ3v) is 1.23. The van der Waals surface area contributed by atoms with Crippen LogP contribution in [0.3, 0.4) is 0 Å². The second-order valence-electron chi connectivity index (χ2n) is 1.88. The van der Waals surface area contributed by atoms with Gasteiger partial charge in [-0.15, -0.1) is 6.58 Å². The Morgan fingerprint density at radius 3 is 2.91 bits per heavy atom. The third kappa shape index (κ3) is 2.23. The Hall–Kier alpha value is -0.490. The Balaban J connectivity index is 0.000001000. The standard InChI is InChI=1S/C7H7O3.I/c1-2-5-3-4-10-7(9)6(5)8;/h2-5,9H,1H2;/q-1;+1. The first-order valence-electron chi connectivity index (χ1n) is 2.81. The topological polar surface area (TPSA) is 46.5 Å². The first-order valence-corrected chi connectivity index (χ1v) is 2.81. The lowest BCUT2D eigenvalue weighted by atomic mass is 10.0. The van der Waals surface area contributed by atoms with Crippen LogP contribution in [-0.2, 0) is 9.53 Å². The normalized spacial score (nSPS) is 22.1. The summed E-state index contributed by atoms with van der Waals surface area (Å²) in [5.41, 5.74) is 0. The van der Waals surface area contributed by atoms with E-state index in [0.29, 0.717) is 0 Å². The highest BCUT2D eigenvalue weighted by Gasteiger charge is 2.12. The molecule has 0 saturated heterocycles. The van der Waals surface area contributed by atoms with Crippen molar-refractivity contribution in [3.8, 4) is 0 Å². The van der Waals surface area contributed by atoms with Crippen LogP contribution in [0.2, 0.25) is 0 Å². The predicted octanol–water partition coefficient (Wildman–Crippen LogP) is -2.23. The Morgan fingerprint density at radius 2 is 2.45 bits per heavy atom. The fourth-order valence-electron chi connectivity index (χ4n) is 0.662. The zero-order chi connectivity index (χ0) is 7.56. The van der Waals surface area contributed by atoms with Crippen LogP contribution in [0.25, 0.3) is 0 Å². The number of hydrogen-bond donors (Lipinski definition) is 1. The summed E-state index contributed by atoms with van der Waals surface area (Å²) in [5.74, 6) is -0.883. The molecule has 4 heteroatoms. The quantitative estimate of drug-likeness (QED) is 0.332. The Morgan fingerprint density at radius 1 is 1.82 bits per heavy atom. The summed E-state index contributed by atoms with van der Waals surface area (Å²) in [6.45, 7) is 3.42. The van der Waals surface area contributed by atoms with E-state index in [2.05, 4.69) is 11.3 Å². The number of Topliss-reactive ketones (excluding diaryl/α,β-unsaturated/α-hetero) is 1. The molecule has 1 atom stereocenters. The van der Waals surface area contributed by atoms with E-state index < -0.39 is 18.0 Å². The number of halogens is 1. The number of aliphatic hydroxyl groups excluding tert-OH is 1. The zero-order valence-corrected chi connectivity index (χ0v) is 7.82. The SMILES string of the molecule is C=CC1C=CO[C-](O)C1=O.[I+]. The third-order valence-electron chi connectivity index (χ3n) is 1.23. The van der Waals surface area contributed by atoms with Gasteiger partial charge in [0, 0.05) is 12.2 Å². The summed E-state index contributed by atoms with van der Waals surface area (Å²) in [6.07, 6.45) is 3.67. The molecular formula is C7H7IO3. The molecular weight excluding hydrogens is 259 g/mol. The van der Waals surface area contributed by atoms with Crippen LogP contribution in [0.1, 0.15) is 0 Å². The van der Waals surface area contributed by atoms with Crippen molar-refractivity contribution < 1.29 is 38.6 Å². The fourth-order valence-corrected chi connectivity index (χ4v) is 0.662. The highest BCUT2D eigenvalue weighted by Crippen LogP contribution is 2.16. The molecule has 1 N–H and O–H groups in total. The van der Waals surface area contributed by atoms with Gasteiger partial charge >= 0.3 is 24.0 Å². The molecule has 0 aromatic heterocycles. The lowest BCUT2D eigenvalue weighted by Gasteiger charge is -2.30. The van der Waals surface area contributed by atoms with Crippen molar-refractivity contribution >= 4 is 5.78 Å². The summed E-state index contributed by atoms with van der Waals surface area (Å²) < 4.78 is 4.42. The molecule has 1 unspecified atom stereocenters. The highest BCUT2D eigenvalue weighted by molar-refractivity contribution is 5.93. The summed E-state index contributed by atoms with van der Waals surface area (Å²) in [4.78, 5) is 10.8. The van der Waals surface area contributed by atoms with Gasteiger partial charge in [0.2, 0.25) is 0 Å². The molecule has 3 nitrogen and oxygen atoms in total. The second kappa shape index (κ2) is 4.40. The van der Waals surface area contributed by atoms with Crippen LogP contribution in [0.5, 0.6) is 0 Å². The van der Waals surface area contributed by atoms with Crippen molar-refractivity contribution in [3.63, 3.8) is 0 Å². The van der Waals surface area contributed by atoms with Gasteiger partial charge in [0.1, 0.15) is 0 Å². The number of hydrogen-bond acceptors (Lipinski definition) is 3. The lowest BCUT2D eigenvalue weighted by Crippen LogP contribution is -3.00. The van der Waals surface area contributed by atoms with E-state index in [9.17, 15) is 4.79 Å². The molecule has 1 aliphatic rings. The number of allylic oxidation sites excluding steroid dienone is 2. The maximum Gasteiger partial charge on any atom is 1.00 e. The highest BCUT2D eigenvalue weighted by atomic mass is 127. The molecule has 1 aliphatic heterocycles. The van der Waals surface area contributed by atoms with Gasteiger partial charge in [0.05, 0.1) is 5.78 Å². The van der Waals surface area contributed by atoms with E-state index >= 15 is 0 Å². The first kappa shape index (κ1) is 10.5. The summed E-state index contributed by atoms with van der Waals surface area (Å²) in [5, 5.41) is 8.73. The van der Waals surface area contributed by atoms with Gasteiger partial charge in [0.25, 0.3) is 0 Å². The number of carbonyl (C=O) groups excluding carboxylic acids is 1. The minimum Gasteiger partial charge on any atom is -0.612 e. The summed E-state index contributed by atoms with van der Waals surface area (Å²) in [7, 11) is 0. The van der Waals surface area contributed by atoms with Crippen LogP contribution in [-0.4, -0.2) is 10.9 Å². The fraction of sp³-hybridized carbons (Fsp3) is 0.143. The number of aliphatic hydroxyl groups is 1. The maximum atomic E-state index is 10.8. The van der Waals surface area contributed by atoms with Gasteiger partial charge in [0.15, 0.2) is 0 Å². The average molecular weight is 266 g/mol. The maximum absolute atomic E-state index is 10.8. The Labute approximate surface area is 81.8 Å². The summed E-state index contributed by atoms with van der Waals surface area (Å²) in [6, 6.07) is 0. The van der Waals surface area contributed by atoms with Crippen LogP contribution in [0, 0.1) is 12.2 Å². The van der Waals surface area contributed by atoms with Gasteiger partial charge in [-0.05, 0) is 12.4 Å². The zero-order valence-electron chi connectivity index (χ0n) is 5.66. The van der Waals surface area contributed by atoms with Gasteiger partial charge in [-0.25, -0.2) is 0 Å². The van der Waals surface area contributed by atoms with Gasteiger partial charge < -0.3 is 14.6 Å². The molecule has 0 aromatic carbocycles. The molecule has 0 bridgehead atoms. The molecule has 0 amide bonds. The first-order chi connectivity index (χ1) is 4.75. The molecule has 2 radical (unpaired) electrons. The van der Waals surface area contributed by atoms with Crippen LogP contribution in [0.4, 0.5) is 0 Å². The molecule has 0 spiro atoms. The van der Waals surface area contributed by atoms with E-state index in [1.54, 1.807) is 0 Å². The predicted molar refractivity (Wildman–Crippen MR) is 34.1 cm³/mol. The number of ether oxygens (including phenoxy) is 1. The van der Waals surface area contributed by atoms with E-state index in [1.165, 1.54) is 18.4 Å². The smallest absolute Gasteiger partial charge is 0.612 e. The number of carbonyl (C=O) groups is 1. The van der Waals surface area contributed by atoms with E-state index in [4.69, 9.17) is 5.11 Å². The van der Waals surface area contributed by atoms with Crippen molar-refractivity contribution in [2.75, 3.05) is 0 Å². The monoisotopic (exact) mass is 266 g/mol. The molecule has 60 valence electrons. The second-order valence-corrected chi connectivity index (χ2v) is 1.88. The number of rotatable bonds is 1. The van der Waals surface area contributed by atoms with E-state index in [-0.39, 0.29) is 24.0 Å². The van der Waals surface area contributed by atoms with Gasteiger partial charge in [-0.3, -0.25) is 0 Å². The van der Waals surface area contributed by atoms with Crippen molar-refractivity contribution in [2.45, 2.75) is 0 Å². The van der Waals surface area contributed by atoms with Gasteiger partial charge in [-0.1, -0.05) is 6.08 Å². The Bertz CT molecular complexity index is 188. The minimum absolute atomic E-state index is 0.